The molecule has 0 bridgehead atoms. The van der Waals surface area contributed by atoms with Crippen molar-refractivity contribution in [1.82, 2.24) is 9.29 Å². The van der Waals surface area contributed by atoms with Crippen LogP contribution in [0.5, 0.6) is 0 Å². The van der Waals surface area contributed by atoms with E-state index in [0.29, 0.717) is 6.54 Å². The monoisotopic (exact) mass is 314 g/mol. The molecule has 0 atom stereocenters. The predicted molar refractivity (Wildman–Crippen MR) is 78.8 cm³/mol. The number of aryl methyl sites for hydroxylation is 1. The quantitative estimate of drug-likeness (QED) is 0.869. The summed E-state index contributed by atoms with van der Waals surface area (Å²) in [7, 11) is -2.15. The maximum absolute atomic E-state index is 12.3. The van der Waals surface area contributed by atoms with Crippen molar-refractivity contribution in [2.24, 2.45) is 12.5 Å². The fourth-order valence-electron chi connectivity index (χ4n) is 2.83. The highest BCUT2D eigenvalue weighted by Crippen LogP contribution is 2.35. The zero-order valence-electron chi connectivity index (χ0n) is 12.4. The highest BCUT2D eigenvalue weighted by Gasteiger charge is 2.29. The van der Waals surface area contributed by atoms with E-state index in [0.717, 1.165) is 25.7 Å². The van der Waals surface area contributed by atoms with Crippen molar-refractivity contribution in [3.8, 4) is 0 Å². The molecule has 1 fully saturated rings. The number of carboxylic acid groups (broad SMARTS) is 1. The van der Waals surface area contributed by atoms with Gasteiger partial charge >= 0.3 is 5.97 Å². The van der Waals surface area contributed by atoms with E-state index in [2.05, 4.69) is 11.6 Å². The molecule has 0 amide bonds. The molecule has 1 aliphatic rings. The van der Waals surface area contributed by atoms with E-state index in [1.807, 2.05) is 0 Å². The molecule has 6 nitrogen and oxygen atoms in total. The summed E-state index contributed by atoms with van der Waals surface area (Å²) in [4.78, 5) is 11.0. The minimum atomic E-state index is -3.67. The lowest BCUT2D eigenvalue weighted by molar-refractivity contribution is 0.0686. The van der Waals surface area contributed by atoms with Gasteiger partial charge < -0.3 is 9.67 Å². The first-order valence-corrected chi connectivity index (χ1v) is 8.61. The highest BCUT2D eigenvalue weighted by atomic mass is 32.2. The van der Waals surface area contributed by atoms with Crippen molar-refractivity contribution in [2.75, 3.05) is 6.54 Å². The van der Waals surface area contributed by atoms with E-state index in [4.69, 9.17) is 5.11 Å². The Kier molecular flexibility index (Phi) is 4.43. The molecule has 1 heterocycles. The molecule has 21 heavy (non-hydrogen) atoms. The maximum Gasteiger partial charge on any atom is 0.352 e. The zero-order chi connectivity index (χ0) is 15.7. The SMILES string of the molecule is Cn1cc(S(=O)(=O)NCC2(C)CCCCC2)cc1C(=O)O. The molecule has 1 aliphatic carbocycles. The summed E-state index contributed by atoms with van der Waals surface area (Å²) in [6.07, 6.45) is 6.84. The molecule has 1 aromatic rings. The number of carbonyl (C=O) groups is 1. The third kappa shape index (κ3) is 3.65. The Labute approximate surface area is 125 Å². The van der Waals surface area contributed by atoms with Gasteiger partial charge in [0, 0.05) is 19.8 Å². The van der Waals surface area contributed by atoms with Crippen LogP contribution in [0.3, 0.4) is 0 Å². The van der Waals surface area contributed by atoms with E-state index in [1.165, 1.54) is 30.3 Å². The molecule has 2 N–H and O–H groups in total. The molecule has 2 rings (SSSR count). The van der Waals surface area contributed by atoms with Crippen molar-refractivity contribution >= 4 is 16.0 Å². The van der Waals surface area contributed by atoms with Gasteiger partial charge in [-0.1, -0.05) is 26.2 Å². The molecule has 0 radical (unpaired) electrons. The van der Waals surface area contributed by atoms with Gasteiger partial charge in [0.05, 0.1) is 0 Å². The van der Waals surface area contributed by atoms with Crippen LogP contribution in [0.1, 0.15) is 49.5 Å². The van der Waals surface area contributed by atoms with Crippen LogP contribution in [-0.2, 0) is 17.1 Å². The van der Waals surface area contributed by atoms with Gasteiger partial charge in [-0.3, -0.25) is 0 Å². The van der Waals surface area contributed by atoms with Crippen LogP contribution in [0.25, 0.3) is 0 Å². The molecule has 118 valence electrons. The van der Waals surface area contributed by atoms with Gasteiger partial charge in [0.2, 0.25) is 10.0 Å². The summed E-state index contributed by atoms with van der Waals surface area (Å²) in [6.45, 7) is 2.50. The molecule has 0 aliphatic heterocycles. The smallest absolute Gasteiger partial charge is 0.352 e. The molecule has 0 unspecified atom stereocenters. The first-order chi connectivity index (χ1) is 9.73. The standard InChI is InChI=1S/C14H22N2O4S/c1-14(6-4-3-5-7-14)10-15-21(19,20)11-8-12(13(17)18)16(2)9-11/h8-9,15H,3-7,10H2,1-2H3,(H,17,18). The molecule has 0 saturated heterocycles. The molecule has 0 spiro atoms. The summed E-state index contributed by atoms with van der Waals surface area (Å²) in [5.41, 5.74) is -0.0466. The van der Waals surface area contributed by atoms with Gasteiger partial charge in [-0.05, 0) is 24.3 Å². The summed E-state index contributed by atoms with van der Waals surface area (Å²) >= 11 is 0. The van der Waals surface area contributed by atoms with E-state index in [9.17, 15) is 13.2 Å². The van der Waals surface area contributed by atoms with Crippen molar-refractivity contribution in [3.63, 3.8) is 0 Å². The van der Waals surface area contributed by atoms with E-state index in [1.54, 1.807) is 0 Å². The lowest BCUT2D eigenvalue weighted by Crippen LogP contribution is -2.36. The number of carboxylic acids is 1. The second kappa shape index (κ2) is 5.81. The third-order valence-corrected chi connectivity index (χ3v) is 5.63. The lowest BCUT2D eigenvalue weighted by atomic mass is 9.76. The van der Waals surface area contributed by atoms with Crippen molar-refractivity contribution in [3.05, 3.63) is 18.0 Å². The fraction of sp³-hybridized carbons (Fsp3) is 0.643. The zero-order valence-corrected chi connectivity index (χ0v) is 13.2. The predicted octanol–water partition coefficient (Wildman–Crippen LogP) is 1.97. The third-order valence-electron chi connectivity index (χ3n) is 4.26. The van der Waals surface area contributed by atoms with Crippen LogP contribution in [-0.4, -0.2) is 30.6 Å². The average molecular weight is 314 g/mol. The minimum absolute atomic E-state index is 0.00168. The lowest BCUT2D eigenvalue weighted by Gasteiger charge is -2.33. The fourth-order valence-corrected chi connectivity index (χ4v) is 4.10. The van der Waals surface area contributed by atoms with E-state index >= 15 is 0 Å². The summed E-state index contributed by atoms with van der Waals surface area (Å²) < 4.78 is 28.5. The topological polar surface area (TPSA) is 88.4 Å². The van der Waals surface area contributed by atoms with Crippen molar-refractivity contribution < 1.29 is 18.3 Å². The Morgan fingerprint density at radius 2 is 2.00 bits per heavy atom. The van der Waals surface area contributed by atoms with Crippen LogP contribution in [0.2, 0.25) is 0 Å². The maximum atomic E-state index is 12.3. The average Bonchev–Trinajstić information content (AvgIpc) is 2.81. The number of hydrogen-bond acceptors (Lipinski definition) is 3. The molecular formula is C14H22N2O4S. The summed E-state index contributed by atoms with van der Waals surface area (Å²) in [5, 5.41) is 8.98. The Hall–Kier alpha value is -1.34. The van der Waals surface area contributed by atoms with Gasteiger partial charge in [0.1, 0.15) is 10.6 Å². The first-order valence-electron chi connectivity index (χ1n) is 7.13. The van der Waals surface area contributed by atoms with E-state index in [-0.39, 0.29) is 16.0 Å². The van der Waals surface area contributed by atoms with E-state index < -0.39 is 16.0 Å². The van der Waals surface area contributed by atoms with Crippen molar-refractivity contribution in [2.45, 2.75) is 43.9 Å². The molecule has 1 saturated carbocycles. The second-order valence-electron chi connectivity index (χ2n) is 6.17. The van der Waals surface area contributed by atoms with Gasteiger partial charge in [0.25, 0.3) is 0 Å². The number of aromatic nitrogens is 1. The van der Waals surface area contributed by atoms with Gasteiger partial charge in [-0.2, -0.15) is 0 Å². The van der Waals surface area contributed by atoms with Crippen molar-refractivity contribution in [1.29, 1.82) is 0 Å². The second-order valence-corrected chi connectivity index (χ2v) is 7.94. The Bertz CT molecular complexity index is 627. The number of hydrogen-bond donors (Lipinski definition) is 2. The molecule has 7 heteroatoms. The molecule has 0 aromatic carbocycles. The van der Waals surface area contributed by atoms with Gasteiger partial charge in [0.15, 0.2) is 0 Å². The Morgan fingerprint density at radius 1 is 1.38 bits per heavy atom. The van der Waals surface area contributed by atoms with Crippen LogP contribution < -0.4 is 4.72 Å². The van der Waals surface area contributed by atoms with Crippen LogP contribution in [0.15, 0.2) is 17.2 Å². The van der Waals surface area contributed by atoms with Gasteiger partial charge in [-0.25, -0.2) is 17.9 Å². The Morgan fingerprint density at radius 3 is 2.52 bits per heavy atom. The first kappa shape index (κ1) is 16.0. The Balaban J connectivity index is 2.11. The summed E-state index contributed by atoms with van der Waals surface area (Å²) in [6, 6.07) is 1.19. The minimum Gasteiger partial charge on any atom is -0.477 e. The normalized spacial score (nSPS) is 18.6. The number of nitrogens with zero attached hydrogens (tertiary/aromatic N) is 1. The number of sulfonamides is 1. The number of aromatic carboxylic acids is 1. The van der Waals surface area contributed by atoms with Gasteiger partial charge in [-0.15, -0.1) is 0 Å². The largest absolute Gasteiger partial charge is 0.477 e. The number of nitrogens with one attached hydrogen (secondary N) is 1. The summed E-state index contributed by atoms with van der Waals surface area (Å²) in [5.74, 6) is -1.14. The van der Waals surface area contributed by atoms with Crippen LogP contribution in [0, 0.1) is 5.41 Å². The van der Waals surface area contributed by atoms with Crippen LogP contribution >= 0.6 is 0 Å². The molecule has 1 aromatic heterocycles. The van der Waals surface area contributed by atoms with Crippen LogP contribution in [0.4, 0.5) is 0 Å². The number of rotatable bonds is 5. The highest BCUT2D eigenvalue weighted by molar-refractivity contribution is 7.89. The molecular weight excluding hydrogens is 292 g/mol.